The minimum atomic E-state index is -0.766. The van der Waals surface area contributed by atoms with Gasteiger partial charge in [0.1, 0.15) is 13.2 Å². The fraction of sp³-hybridized carbons (Fsp3) is 0.873. The fourth-order valence-electron chi connectivity index (χ4n) is 10.5. The van der Waals surface area contributed by atoms with Gasteiger partial charge in [0.25, 0.3) is 0 Å². The molecule has 0 aromatic heterocycles. The second-order valence-electron chi connectivity index (χ2n) is 23.5. The molecule has 1 unspecified atom stereocenters. The molecule has 0 aromatic carbocycles. The Balaban J connectivity index is 4.05. The number of hydrogen-bond donors (Lipinski definition) is 0. The van der Waals surface area contributed by atoms with Crippen LogP contribution in [0.4, 0.5) is 0 Å². The predicted octanol–water partition coefficient (Wildman–Crippen LogP) is 23.6. The van der Waals surface area contributed by atoms with E-state index in [9.17, 15) is 14.4 Å². The van der Waals surface area contributed by atoms with Gasteiger partial charge in [0.15, 0.2) is 6.10 Å². The standard InChI is InChI=1S/C71H132O6/c1-4-7-10-13-16-19-22-24-26-28-29-30-31-32-33-34-35-36-37-38-39-40-41-42-43-44-46-47-49-52-55-58-61-64-70(73)76-67-68(66-75-69(72)63-60-57-54-51-21-18-15-12-9-6-3)77-71(74)65-62-59-56-53-50-48-45-27-25-23-20-17-14-11-8-5-2/h22,24,28-29,31-32,68H,4-21,23,25-27,30,33-67H2,1-3H3/b24-22-,29-28-,32-31-. The maximum absolute atomic E-state index is 12.9. The molecule has 0 amide bonds. The van der Waals surface area contributed by atoms with Crippen LogP contribution in [-0.4, -0.2) is 37.2 Å². The van der Waals surface area contributed by atoms with Crippen molar-refractivity contribution < 1.29 is 28.6 Å². The summed E-state index contributed by atoms with van der Waals surface area (Å²) >= 11 is 0. The largest absolute Gasteiger partial charge is 0.462 e. The van der Waals surface area contributed by atoms with E-state index in [0.29, 0.717) is 19.3 Å². The first-order valence-corrected chi connectivity index (χ1v) is 34.5. The van der Waals surface area contributed by atoms with Crippen LogP contribution in [0.2, 0.25) is 0 Å². The first kappa shape index (κ1) is 74.6. The van der Waals surface area contributed by atoms with E-state index in [2.05, 4.69) is 57.2 Å². The summed E-state index contributed by atoms with van der Waals surface area (Å²) in [6, 6.07) is 0. The van der Waals surface area contributed by atoms with E-state index >= 15 is 0 Å². The average Bonchev–Trinajstić information content (AvgIpc) is 3.43. The van der Waals surface area contributed by atoms with Crippen molar-refractivity contribution in [3.05, 3.63) is 36.5 Å². The molecule has 0 saturated heterocycles. The Morgan fingerprint density at radius 3 is 0.727 bits per heavy atom. The molecule has 0 heterocycles. The molecule has 0 fully saturated rings. The molecule has 452 valence electrons. The summed E-state index contributed by atoms with van der Waals surface area (Å²) in [6.07, 6.45) is 81.8. The molecular weight excluding hydrogens is 949 g/mol. The van der Waals surface area contributed by atoms with E-state index in [1.807, 2.05) is 0 Å². The molecule has 0 N–H and O–H groups in total. The van der Waals surface area contributed by atoms with Crippen molar-refractivity contribution in [2.24, 2.45) is 0 Å². The van der Waals surface area contributed by atoms with E-state index < -0.39 is 6.10 Å². The van der Waals surface area contributed by atoms with Crippen molar-refractivity contribution >= 4 is 17.9 Å². The number of ether oxygens (including phenoxy) is 3. The summed E-state index contributed by atoms with van der Waals surface area (Å²) in [4.78, 5) is 38.2. The second-order valence-corrected chi connectivity index (χ2v) is 23.5. The van der Waals surface area contributed by atoms with Gasteiger partial charge in [-0.3, -0.25) is 14.4 Å². The van der Waals surface area contributed by atoms with E-state index in [4.69, 9.17) is 14.2 Å². The lowest BCUT2D eigenvalue weighted by molar-refractivity contribution is -0.167. The van der Waals surface area contributed by atoms with Gasteiger partial charge in [-0.25, -0.2) is 0 Å². The van der Waals surface area contributed by atoms with Crippen molar-refractivity contribution in [2.75, 3.05) is 13.2 Å². The van der Waals surface area contributed by atoms with Gasteiger partial charge in [-0.15, -0.1) is 0 Å². The van der Waals surface area contributed by atoms with Crippen LogP contribution < -0.4 is 0 Å². The topological polar surface area (TPSA) is 78.9 Å². The number of carbonyl (C=O) groups excluding carboxylic acids is 3. The van der Waals surface area contributed by atoms with Crippen LogP contribution in [0.1, 0.15) is 380 Å². The lowest BCUT2D eigenvalue weighted by atomic mass is 10.0. The Morgan fingerprint density at radius 1 is 0.260 bits per heavy atom. The van der Waals surface area contributed by atoms with Gasteiger partial charge in [-0.2, -0.15) is 0 Å². The van der Waals surface area contributed by atoms with Crippen LogP contribution in [0.5, 0.6) is 0 Å². The van der Waals surface area contributed by atoms with Crippen molar-refractivity contribution in [3.63, 3.8) is 0 Å². The average molecular weight is 1080 g/mol. The second kappa shape index (κ2) is 66.1. The third-order valence-electron chi connectivity index (χ3n) is 15.6. The molecule has 0 spiro atoms. The number of unbranched alkanes of at least 4 members (excludes halogenated alkanes) is 47. The zero-order valence-electron chi connectivity index (χ0n) is 52.0. The highest BCUT2D eigenvalue weighted by atomic mass is 16.6. The van der Waals surface area contributed by atoms with Gasteiger partial charge in [-0.1, -0.05) is 340 Å². The van der Waals surface area contributed by atoms with Gasteiger partial charge < -0.3 is 14.2 Å². The molecule has 0 radical (unpaired) electrons. The predicted molar refractivity (Wildman–Crippen MR) is 335 cm³/mol. The van der Waals surface area contributed by atoms with Crippen molar-refractivity contribution in [2.45, 2.75) is 386 Å². The quantitative estimate of drug-likeness (QED) is 0.0261. The van der Waals surface area contributed by atoms with E-state index in [0.717, 1.165) is 70.6 Å². The smallest absolute Gasteiger partial charge is 0.306 e. The Labute approximate surface area is 480 Å². The Bertz CT molecular complexity index is 1290. The molecule has 0 aromatic rings. The SMILES string of the molecule is CCCCCCC/C=C\C/C=C\C/C=C\CCCCCCCCCCCCCCCCCCCCC(=O)OCC(COC(=O)CCCCCCCCCCCC)OC(=O)CCCCCCCCCCCCCCCCCC. The maximum Gasteiger partial charge on any atom is 0.306 e. The molecule has 1 atom stereocenters. The molecule has 6 nitrogen and oxygen atoms in total. The summed E-state index contributed by atoms with van der Waals surface area (Å²) in [5.74, 6) is -0.839. The molecular formula is C71H132O6. The monoisotopic (exact) mass is 1080 g/mol. The summed E-state index contributed by atoms with van der Waals surface area (Å²) < 4.78 is 16.9. The van der Waals surface area contributed by atoms with Gasteiger partial charge in [0, 0.05) is 19.3 Å². The maximum atomic E-state index is 12.9. The van der Waals surface area contributed by atoms with Gasteiger partial charge >= 0.3 is 17.9 Å². The number of esters is 3. The van der Waals surface area contributed by atoms with Gasteiger partial charge in [0.05, 0.1) is 0 Å². The number of allylic oxidation sites excluding steroid dienone is 6. The first-order valence-electron chi connectivity index (χ1n) is 34.5. The first-order chi connectivity index (χ1) is 38.0. The van der Waals surface area contributed by atoms with Crippen molar-refractivity contribution in [1.29, 1.82) is 0 Å². The molecule has 0 aliphatic rings. The molecule has 77 heavy (non-hydrogen) atoms. The van der Waals surface area contributed by atoms with Gasteiger partial charge in [-0.05, 0) is 57.8 Å². The third kappa shape index (κ3) is 64.3. The van der Waals surface area contributed by atoms with E-state index in [1.165, 1.54) is 270 Å². The Morgan fingerprint density at radius 2 is 0.468 bits per heavy atom. The van der Waals surface area contributed by atoms with E-state index in [-0.39, 0.29) is 31.1 Å². The highest BCUT2D eigenvalue weighted by Crippen LogP contribution is 2.18. The summed E-state index contributed by atoms with van der Waals surface area (Å²) in [5, 5.41) is 0. The van der Waals surface area contributed by atoms with Crippen LogP contribution in [0.3, 0.4) is 0 Å². The highest BCUT2D eigenvalue weighted by molar-refractivity contribution is 5.71. The Hall–Kier alpha value is -2.37. The van der Waals surface area contributed by atoms with Crippen molar-refractivity contribution in [1.82, 2.24) is 0 Å². The Kier molecular flexibility index (Phi) is 64.1. The minimum Gasteiger partial charge on any atom is -0.462 e. The fourth-order valence-corrected chi connectivity index (χ4v) is 10.5. The summed E-state index contributed by atoms with van der Waals surface area (Å²) in [7, 11) is 0. The number of rotatable bonds is 64. The minimum absolute atomic E-state index is 0.0648. The summed E-state index contributed by atoms with van der Waals surface area (Å²) in [6.45, 7) is 6.68. The molecule has 0 aliphatic carbocycles. The number of carbonyl (C=O) groups is 3. The number of hydrogen-bond acceptors (Lipinski definition) is 6. The highest BCUT2D eigenvalue weighted by Gasteiger charge is 2.19. The molecule has 0 bridgehead atoms. The lowest BCUT2D eigenvalue weighted by Gasteiger charge is -2.18. The normalized spacial score (nSPS) is 12.2. The van der Waals surface area contributed by atoms with Crippen LogP contribution >= 0.6 is 0 Å². The van der Waals surface area contributed by atoms with Crippen LogP contribution in [0, 0.1) is 0 Å². The van der Waals surface area contributed by atoms with Crippen molar-refractivity contribution in [3.8, 4) is 0 Å². The lowest BCUT2D eigenvalue weighted by Crippen LogP contribution is -2.30. The molecule has 0 saturated carbocycles. The van der Waals surface area contributed by atoms with Gasteiger partial charge in [0.2, 0.25) is 0 Å². The van der Waals surface area contributed by atoms with E-state index in [1.54, 1.807) is 0 Å². The molecule has 0 rings (SSSR count). The third-order valence-corrected chi connectivity index (χ3v) is 15.6. The summed E-state index contributed by atoms with van der Waals surface area (Å²) in [5.41, 5.74) is 0. The molecule has 0 aliphatic heterocycles. The van der Waals surface area contributed by atoms with Crippen LogP contribution in [0.25, 0.3) is 0 Å². The zero-order chi connectivity index (χ0) is 55.7. The van der Waals surface area contributed by atoms with Crippen LogP contribution in [-0.2, 0) is 28.6 Å². The molecule has 6 heteroatoms. The zero-order valence-corrected chi connectivity index (χ0v) is 52.0. The van der Waals surface area contributed by atoms with Crippen LogP contribution in [0.15, 0.2) is 36.5 Å².